The van der Waals surface area contributed by atoms with Gasteiger partial charge in [0.2, 0.25) is 5.91 Å². The maximum atomic E-state index is 12.5. The van der Waals surface area contributed by atoms with Crippen molar-refractivity contribution in [1.82, 2.24) is 5.32 Å². The van der Waals surface area contributed by atoms with E-state index in [2.05, 4.69) is 24.4 Å². The van der Waals surface area contributed by atoms with Crippen LogP contribution < -0.4 is 10.2 Å². The number of aryl methyl sites for hydroxylation is 1. The van der Waals surface area contributed by atoms with E-state index in [-0.39, 0.29) is 24.2 Å². The Kier molecular flexibility index (Phi) is 5.83. The summed E-state index contributed by atoms with van der Waals surface area (Å²) in [6.07, 6.45) is 0. The first-order valence-corrected chi connectivity index (χ1v) is 6.72. The van der Waals surface area contributed by atoms with Gasteiger partial charge in [0.05, 0.1) is 0 Å². The summed E-state index contributed by atoms with van der Waals surface area (Å²) < 4.78 is 0. The average molecular weight is 283 g/mol. The molecule has 1 unspecified atom stereocenters. The third-order valence-corrected chi connectivity index (χ3v) is 3.81. The van der Waals surface area contributed by atoms with Crippen molar-refractivity contribution in [2.24, 2.45) is 11.8 Å². The lowest BCUT2D eigenvalue weighted by Gasteiger charge is -2.34. The van der Waals surface area contributed by atoms with Crippen molar-refractivity contribution in [3.8, 4) is 0 Å². The number of halogens is 1. The summed E-state index contributed by atoms with van der Waals surface area (Å²) in [6.45, 7) is 8.81. The van der Waals surface area contributed by atoms with Crippen LogP contribution in [0.1, 0.15) is 19.4 Å². The minimum Gasteiger partial charge on any atom is -0.316 e. The van der Waals surface area contributed by atoms with Gasteiger partial charge in [0.15, 0.2) is 0 Å². The van der Waals surface area contributed by atoms with Crippen molar-refractivity contribution in [1.29, 1.82) is 0 Å². The summed E-state index contributed by atoms with van der Waals surface area (Å²) in [6, 6.07) is 8.16. The zero-order chi connectivity index (χ0) is 13.1. The predicted octanol–water partition coefficient (Wildman–Crippen LogP) is 2.63. The van der Waals surface area contributed by atoms with Gasteiger partial charge in [-0.25, -0.2) is 0 Å². The number of anilines is 1. The standard InChI is InChI=1S/C15H22N2O.ClH/c1-4-17(14-7-5-6-11(2)8-14)15(18)12(3)13-9-16-10-13;/h5-8,12-13,16H,4,9-10H2,1-3H3;1H. The van der Waals surface area contributed by atoms with Gasteiger partial charge in [-0.1, -0.05) is 19.1 Å². The molecule has 1 N–H and O–H groups in total. The number of hydrogen-bond acceptors (Lipinski definition) is 2. The largest absolute Gasteiger partial charge is 0.316 e. The highest BCUT2D eigenvalue weighted by Crippen LogP contribution is 2.23. The highest BCUT2D eigenvalue weighted by Gasteiger charge is 2.31. The van der Waals surface area contributed by atoms with Crippen molar-refractivity contribution >= 4 is 24.0 Å². The maximum Gasteiger partial charge on any atom is 0.230 e. The first-order chi connectivity index (χ1) is 8.63. The third kappa shape index (κ3) is 3.48. The van der Waals surface area contributed by atoms with E-state index in [1.165, 1.54) is 5.56 Å². The van der Waals surface area contributed by atoms with Crippen LogP contribution in [0.15, 0.2) is 24.3 Å². The molecule has 106 valence electrons. The molecule has 1 aliphatic heterocycles. The molecule has 1 heterocycles. The molecule has 0 radical (unpaired) electrons. The van der Waals surface area contributed by atoms with E-state index >= 15 is 0 Å². The van der Waals surface area contributed by atoms with Gasteiger partial charge in [0, 0.05) is 18.2 Å². The van der Waals surface area contributed by atoms with Crippen LogP contribution in [0.5, 0.6) is 0 Å². The Balaban J connectivity index is 0.00000180. The van der Waals surface area contributed by atoms with Gasteiger partial charge in [0.25, 0.3) is 0 Å². The average Bonchev–Trinajstić information content (AvgIpc) is 2.27. The van der Waals surface area contributed by atoms with E-state index in [0.717, 1.165) is 25.3 Å². The molecule has 0 saturated carbocycles. The molecule has 1 atom stereocenters. The SMILES string of the molecule is CCN(C(=O)C(C)C1CNC1)c1cccc(C)c1.Cl. The molecule has 1 aromatic rings. The van der Waals surface area contributed by atoms with E-state index in [0.29, 0.717) is 5.92 Å². The molecular formula is C15H23ClN2O. The Hall–Kier alpha value is -1.06. The van der Waals surface area contributed by atoms with Gasteiger partial charge in [-0.2, -0.15) is 0 Å². The lowest BCUT2D eigenvalue weighted by Crippen LogP contribution is -2.50. The number of nitrogens with one attached hydrogen (secondary N) is 1. The Bertz CT molecular complexity index is 432. The predicted molar refractivity (Wildman–Crippen MR) is 82.0 cm³/mol. The van der Waals surface area contributed by atoms with Gasteiger partial charge in [-0.3, -0.25) is 4.79 Å². The van der Waals surface area contributed by atoms with E-state index in [4.69, 9.17) is 0 Å². The van der Waals surface area contributed by atoms with Crippen LogP contribution in [0.4, 0.5) is 5.69 Å². The molecule has 19 heavy (non-hydrogen) atoms. The van der Waals surface area contributed by atoms with Crippen LogP contribution in [0.25, 0.3) is 0 Å². The van der Waals surface area contributed by atoms with E-state index in [1.807, 2.05) is 30.9 Å². The topological polar surface area (TPSA) is 32.3 Å². The zero-order valence-electron chi connectivity index (χ0n) is 11.8. The molecule has 0 aliphatic carbocycles. The van der Waals surface area contributed by atoms with Crippen molar-refractivity contribution in [2.75, 3.05) is 24.5 Å². The Morgan fingerprint density at radius 2 is 2.16 bits per heavy atom. The Labute approximate surface area is 121 Å². The molecule has 4 heteroatoms. The molecular weight excluding hydrogens is 260 g/mol. The first kappa shape index (κ1) is 16.0. The monoisotopic (exact) mass is 282 g/mol. The second-order valence-electron chi connectivity index (χ2n) is 5.13. The van der Waals surface area contributed by atoms with E-state index < -0.39 is 0 Å². The van der Waals surface area contributed by atoms with E-state index in [9.17, 15) is 4.79 Å². The molecule has 1 aliphatic rings. The number of carbonyl (C=O) groups excluding carboxylic acids is 1. The molecule has 2 rings (SSSR count). The lowest BCUT2D eigenvalue weighted by molar-refractivity contribution is -0.124. The molecule has 1 saturated heterocycles. The quantitative estimate of drug-likeness (QED) is 0.921. The fraction of sp³-hybridized carbons (Fsp3) is 0.533. The van der Waals surface area contributed by atoms with Crippen LogP contribution >= 0.6 is 12.4 Å². The van der Waals surface area contributed by atoms with E-state index in [1.54, 1.807) is 0 Å². The molecule has 0 aromatic heterocycles. The summed E-state index contributed by atoms with van der Waals surface area (Å²) in [4.78, 5) is 14.4. The first-order valence-electron chi connectivity index (χ1n) is 6.72. The highest BCUT2D eigenvalue weighted by atomic mass is 35.5. The fourth-order valence-electron chi connectivity index (χ4n) is 2.37. The smallest absolute Gasteiger partial charge is 0.230 e. The number of amides is 1. The highest BCUT2D eigenvalue weighted by molar-refractivity contribution is 5.95. The number of hydrogen-bond donors (Lipinski definition) is 1. The summed E-state index contributed by atoms with van der Waals surface area (Å²) in [5.41, 5.74) is 2.21. The Morgan fingerprint density at radius 1 is 1.47 bits per heavy atom. The summed E-state index contributed by atoms with van der Waals surface area (Å²) >= 11 is 0. The molecule has 0 bridgehead atoms. The number of carbonyl (C=O) groups is 1. The lowest BCUT2D eigenvalue weighted by atomic mass is 9.88. The number of benzene rings is 1. The van der Waals surface area contributed by atoms with Crippen LogP contribution in [0.3, 0.4) is 0 Å². The van der Waals surface area contributed by atoms with Gasteiger partial charge in [-0.15, -0.1) is 12.4 Å². The maximum absolute atomic E-state index is 12.5. The Morgan fingerprint density at radius 3 is 2.63 bits per heavy atom. The summed E-state index contributed by atoms with van der Waals surface area (Å²) in [5, 5.41) is 3.23. The van der Waals surface area contributed by atoms with Crippen LogP contribution in [0.2, 0.25) is 0 Å². The van der Waals surface area contributed by atoms with Crippen LogP contribution in [0, 0.1) is 18.8 Å². The molecule has 0 spiro atoms. The fourth-order valence-corrected chi connectivity index (χ4v) is 2.37. The molecule has 1 aromatic carbocycles. The van der Waals surface area contributed by atoms with Crippen molar-refractivity contribution in [2.45, 2.75) is 20.8 Å². The second-order valence-corrected chi connectivity index (χ2v) is 5.13. The van der Waals surface area contributed by atoms with Gasteiger partial charge >= 0.3 is 0 Å². The summed E-state index contributed by atoms with van der Waals surface area (Å²) in [5.74, 6) is 0.845. The summed E-state index contributed by atoms with van der Waals surface area (Å²) in [7, 11) is 0. The van der Waals surface area contributed by atoms with Crippen molar-refractivity contribution in [3.63, 3.8) is 0 Å². The van der Waals surface area contributed by atoms with Gasteiger partial charge < -0.3 is 10.2 Å². The zero-order valence-corrected chi connectivity index (χ0v) is 12.7. The van der Waals surface area contributed by atoms with Gasteiger partial charge in [0.1, 0.15) is 0 Å². The number of nitrogens with zero attached hydrogens (tertiary/aromatic N) is 1. The minimum atomic E-state index is 0. The normalized spacial score (nSPS) is 16.2. The molecule has 1 fully saturated rings. The van der Waals surface area contributed by atoms with Crippen molar-refractivity contribution in [3.05, 3.63) is 29.8 Å². The van der Waals surface area contributed by atoms with Crippen LogP contribution in [-0.2, 0) is 4.79 Å². The van der Waals surface area contributed by atoms with Crippen molar-refractivity contribution < 1.29 is 4.79 Å². The van der Waals surface area contributed by atoms with Crippen LogP contribution in [-0.4, -0.2) is 25.5 Å². The minimum absolute atomic E-state index is 0. The van der Waals surface area contributed by atoms with Gasteiger partial charge in [-0.05, 0) is 50.6 Å². The second kappa shape index (κ2) is 6.92. The number of rotatable bonds is 4. The molecule has 3 nitrogen and oxygen atoms in total. The molecule has 1 amide bonds. The third-order valence-electron chi connectivity index (χ3n) is 3.81.